The number of pyridine rings is 1. The largest absolute Gasteiger partial charge is 0.497 e. The monoisotopic (exact) mass is 417 g/mol. The third-order valence-corrected chi connectivity index (χ3v) is 4.37. The van der Waals surface area contributed by atoms with Gasteiger partial charge in [-0.1, -0.05) is 18.2 Å². The minimum absolute atomic E-state index is 0.324. The molecule has 2 aromatic carbocycles. The van der Waals surface area contributed by atoms with E-state index < -0.39 is 5.97 Å². The van der Waals surface area contributed by atoms with E-state index in [-0.39, 0.29) is 0 Å². The molecule has 6 heteroatoms. The normalized spacial score (nSPS) is 10.9. The molecule has 158 valence electrons. The van der Waals surface area contributed by atoms with E-state index in [4.69, 9.17) is 18.9 Å². The summed E-state index contributed by atoms with van der Waals surface area (Å²) >= 11 is 0. The van der Waals surface area contributed by atoms with Gasteiger partial charge in [-0.15, -0.1) is 0 Å². The van der Waals surface area contributed by atoms with E-state index in [1.165, 1.54) is 13.2 Å². The predicted octanol–water partition coefficient (Wildman–Crippen LogP) is 4.90. The number of carbonyl (C=O) groups is 1. The Labute approximate surface area is 181 Å². The fraction of sp³-hybridized carbons (Fsp3) is 0.120. The summed E-state index contributed by atoms with van der Waals surface area (Å²) in [5.74, 6) is 1.50. The van der Waals surface area contributed by atoms with Crippen molar-refractivity contribution in [3.8, 4) is 23.0 Å². The first-order valence-electron chi connectivity index (χ1n) is 9.52. The number of esters is 1. The second-order valence-corrected chi connectivity index (χ2v) is 6.36. The van der Waals surface area contributed by atoms with E-state index in [0.29, 0.717) is 28.6 Å². The summed E-state index contributed by atoms with van der Waals surface area (Å²) in [4.78, 5) is 16.6. The molecule has 3 rings (SSSR count). The van der Waals surface area contributed by atoms with Gasteiger partial charge in [0.25, 0.3) is 0 Å². The van der Waals surface area contributed by atoms with Crippen molar-refractivity contribution in [1.29, 1.82) is 0 Å². The quantitative estimate of drug-likeness (QED) is 0.295. The summed E-state index contributed by atoms with van der Waals surface area (Å²) in [7, 11) is 4.66. The third kappa shape index (κ3) is 5.96. The molecular weight excluding hydrogens is 394 g/mol. The van der Waals surface area contributed by atoms with Crippen LogP contribution in [0.5, 0.6) is 23.0 Å². The van der Waals surface area contributed by atoms with Crippen molar-refractivity contribution in [2.75, 3.05) is 21.3 Å². The summed E-state index contributed by atoms with van der Waals surface area (Å²) in [6, 6.07) is 16.3. The van der Waals surface area contributed by atoms with Crippen LogP contribution in [0.15, 0.2) is 66.9 Å². The highest BCUT2D eigenvalue weighted by atomic mass is 16.6. The Morgan fingerprint density at radius 1 is 0.806 bits per heavy atom. The van der Waals surface area contributed by atoms with Crippen LogP contribution >= 0.6 is 0 Å². The molecule has 0 aliphatic heterocycles. The highest BCUT2D eigenvalue weighted by molar-refractivity contribution is 5.89. The van der Waals surface area contributed by atoms with Gasteiger partial charge in [-0.25, -0.2) is 4.79 Å². The lowest BCUT2D eigenvalue weighted by Gasteiger charge is -2.09. The maximum absolute atomic E-state index is 12.3. The lowest BCUT2D eigenvalue weighted by molar-refractivity contribution is -0.129. The number of hydrogen-bond acceptors (Lipinski definition) is 6. The van der Waals surface area contributed by atoms with Crippen molar-refractivity contribution in [3.63, 3.8) is 0 Å². The van der Waals surface area contributed by atoms with E-state index in [2.05, 4.69) is 4.98 Å². The highest BCUT2D eigenvalue weighted by Gasteiger charge is 2.09. The van der Waals surface area contributed by atoms with Crippen LogP contribution in [0.1, 0.15) is 16.8 Å². The summed E-state index contributed by atoms with van der Waals surface area (Å²) in [6.07, 6.45) is 8.47. The first-order chi connectivity index (χ1) is 15.1. The molecular formula is C25H23NO5. The number of nitrogens with zero attached hydrogens (tertiary/aromatic N) is 1. The van der Waals surface area contributed by atoms with Crippen molar-refractivity contribution < 1.29 is 23.7 Å². The average molecular weight is 417 g/mol. The van der Waals surface area contributed by atoms with Crippen LogP contribution in [-0.4, -0.2) is 32.3 Å². The van der Waals surface area contributed by atoms with E-state index in [1.54, 1.807) is 56.8 Å². The molecule has 0 aliphatic carbocycles. The van der Waals surface area contributed by atoms with Crippen molar-refractivity contribution in [1.82, 2.24) is 4.98 Å². The Bertz CT molecular complexity index is 1090. The van der Waals surface area contributed by atoms with Crippen molar-refractivity contribution in [2.24, 2.45) is 0 Å². The van der Waals surface area contributed by atoms with Gasteiger partial charge in [0.15, 0.2) is 11.5 Å². The standard InChI is InChI=1S/C25H23NO5/c1-28-21-11-13-22(29-2)19(17-21)9-14-25(27)31-23-12-8-18(16-24(23)30-3)7-10-20-6-4-5-15-26-20/h4-17H,1-3H3/b10-7+,14-9+. The summed E-state index contributed by atoms with van der Waals surface area (Å²) in [6.45, 7) is 0. The number of methoxy groups -OCH3 is 3. The second kappa shape index (κ2) is 10.6. The molecule has 1 heterocycles. The molecule has 6 nitrogen and oxygen atoms in total. The van der Waals surface area contributed by atoms with Gasteiger partial charge in [-0.2, -0.15) is 0 Å². The Hall–Kier alpha value is -4.06. The van der Waals surface area contributed by atoms with E-state index in [0.717, 1.165) is 11.3 Å². The molecule has 0 saturated heterocycles. The molecule has 0 amide bonds. The van der Waals surface area contributed by atoms with Gasteiger partial charge in [0.2, 0.25) is 0 Å². The van der Waals surface area contributed by atoms with Crippen LogP contribution in [0.2, 0.25) is 0 Å². The van der Waals surface area contributed by atoms with Crippen LogP contribution in [0.3, 0.4) is 0 Å². The summed E-state index contributed by atoms with van der Waals surface area (Å²) < 4.78 is 21.4. The molecule has 31 heavy (non-hydrogen) atoms. The molecule has 0 unspecified atom stereocenters. The van der Waals surface area contributed by atoms with Gasteiger partial charge in [0.05, 0.1) is 27.0 Å². The van der Waals surface area contributed by atoms with Crippen molar-refractivity contribution in [3.05, 3.63) is 83.7 Å². The maximum Gasteiger partial charge on any atom is 0.336 e. The molecule has 0 N–H and O–H groups in total. The smallest absolute Gasteiger partial charge is 0.336 e. The number of ether oxygens (including phenoxy) is 4. The van der Waals surface area contributed by atoms with Crippen molar-refractivity contribution in [2.45, 2.75) is 0 Å². The average Bonchev–Trinajstić information content (AvgIpc) is 2.82. The minimum Gasteiger partial charge on any atom is -0.497 e. The summed E-state index contributed by atoms with van der Waals surface area (Å²) in [5, 5.41) is 0. The lowest BCUT2D eigenvalue weighted by Crippen LogP contribution is -2.05. The topological polar surface area (TPSA) is 66.9 Å². The van der Waals surface area contributed by atoms with Crippen LogP contribution in [0.25, 0.3) is 18.2 Å². The number of hydrogen-bond donors (Lipinski definition) is 0. The molecule has 1 aromatic heterocycles. The first kappa shape index (κ1) is 21.6. The Morgan fingerprint density at radius 2 is 1.61 bits per heavy atom. The SMILES string of the molecule is COc1ccc(OC)c(/C=C/C(=O)Oc2ccc(/C=C/c3ccccn3)cc2OC)c1. The molecule has 0 saturated carbocycles. The molecule has 0 atom stereocenters. The fourth-order valence-corrected chi connectivity index (χ4v) is 2.80. The fourth-order valence-electron chi connectivity index (χ4n) is 2.80. The van der Waals surface area contributed by atoms with Gasteiger partial charge in [0, 0.05) is 17.8 Å². The molecule has 3 aromatic rings. The molecule has 0 bridgehead atoms. The van der Waals surface area contributed by atoms with Crippen LogP contribution < -0.4 is 18.9 Å². The van der Waals surface area contributed by atoms with Crippen molar-refractivity contribution >= 4 is 24.2 Å². The lowest BCUT2D eigenvalue weighted by atomic mass is 10.1. The zero-order chi connectivity index (χ0) is 22.1. The van der Waals surface area contributed by atoms with Gasteiger partial charge in [-0.05, 0) is 60.2 Å². The Morgan fingerprint density at radius 3 is 2.32 bits per heavy atom. The molecule has 0 radical (unpaired) electrons. The van der Waals surface area contributed by atoms with E-state index >= 15 is 0 Å². The van der Waals surface area contributed by atoms with E-state index in [1.807, 2.05) is 36.4 Å². The van der Waals surface area contributed by atoms with Gasteiger partial charge < -0.3 is 18.9 Å². The highest BCUT2D eigenvalue weighted by Crippen LogP contribution is 2.29. The molecule has 0 aliphatic rings. The summed E-state index contributed by atoms with van der Waals surface area (Å²) in [5.41, 5.74) is 2.43. The first-order valence-corrected chi connectivity index (χ1v) is 9.52. The maximum atomic E-state index is 12.3. The third-order valence-electron chi connectivity index (χ3n) is 4.37. The van der Waals surface area contributed by atoms with Crippen LogP contribution in [0, 0.1) is 0 Å². The number of aromatic nitrogens is 1. The van der Waals surface area contributed by atoms with Gasteiger partial charge in [0.1, 0.15) is 11.5 Å². The van der Waals surface area contributed by atoms with Gasteiger partial charge >= 0.3 is 5.97 Å². The van der Waals surface area contributed by atoms with E-state index in [9.17, 15) is 4.79 Å². The van der Waals surface area contributed by atoms with Gasteiger partial charge in [-0.3, -0.25) is 4.98 Å². The number of rotatable bonds is 8. The molecule has 0 spiro atoms. The van der Waals surface area contributed by atoms with Crippen LogP contribution in [0.4, 0.5) is 0 Å². The van der Waals surface area contributed by atoms with Crippen LogP contribution in [-0.2, 0) is 4.79 Å². The minimum atomic E-state index is -0.542. The second-order valence-electron chi connectivity index (χ2n) is 6.36. The predicted molar refractivity (Wildman–Crippen MR) is 120 cm³/mol. The number of benzene rings is 2. The number of carbonyl (C=O) groups excluding carboxylic acids is 1. The zero-order valence-corrected chi connectivity index (χ0v) is 17.6. The Balaban J connectivity index is 1.72. The molecule has 0 fully saturated rings. The zero-order valence-electron chi connectivity index (χ0n) is 17.6. The Kier molecular flexibility index (Phi) is 7.43.